The third kappa shape index (κ3) is 5.94. The van der Waals surface area contributed by atoms with Crippen LogP contribution in [0.2, 0.25) is 0 Å². The molecule has 0 saturated heterocycles. The number of rotatable bonds is 10. The van der Waals surface area contributed by atoms with Gasteiger partial charge >= 0.3 is 5.97 Å². The number of fused-ring (bicyclic) bond motifs is 1. The van der Waals surface area contributed by atoms with Crippen LogP contribution in [0.5, 0.6) is 0 Å². The Balaban J connectivity index is 1.87. The molecule has 0 amide bonds. The minimum atomic E-state index is -0.357. The van der Waals surface area contributed by atoms with Gasteiger partial charge in [0.15, 0.2) is 5.43 Å². The van der Waals surface area contributed by atoms with Gasteiger partial charge in [0.05, 0.1) is 17.6 Å². The number of nitrogens with zero attached hydrogens (tertiary/aromatic N) is 1. The Labute approximate surface area is 184 Å². The summed E-state index contributed by atoms with van der Waals surface area (Å²) in [5.41, 5.74) is 2.82. The van der Waals surface area contributed by atoms with Crippen LogP contribution in [0.1, 0.15) is 55.8 Å². The first-order chi connectivity index (χ1) is 15.1. The lowest BCUT2D eigenvalue weighted by molar-refractivity contribution is -0.143. The normalized spacial score (nSPS) is 11.3. The molecular weight excluding hydrogens is 386 g/mol. The Hall–Kier alpha value is -3.14. The molecule has 0 unspecified atom stereocenters. The molecule has 0 atom stereocenters. The van der Waals surface area contributed by atoms with E-state index in [4.69, 9.17) is 4.84 Å². The summed E-state index contributed by atoms with van der Waals surface area (Å²) >= 11 is 0. The van der Waals surface area contributed by atoms with Crippen LogP contribution in [0.4, 0.5) is 0 Å². The second-order valence-electron chi connectivity index (χ2n) is 7.86. The second kappa shape index (κ2) is 11.3. The van der Waals surface area contributed by atoms with Gasteiger partial charge in [0.1, 0.15) is 0 Å². The van der Waals surface area contributed by atoms with Crippen LogP contribution in [0.25, 0.3) is 10.9 Å². The van der Waals surface area contributed by atoms with Gasteiger partial charge in [-0.1, -0.05) is 80.8 Å². The maximum absolute atomic E-state index is 12.9. The van der Waals surface area contributed by atoms with Crippen molar-refractivity contribution >= 4 is 16.9 Å². The van der Waals surface area contributed by atoms with Gasteiger partial charge in [0.2, 0.25) is 0 Å². The average molecular weight is 418 g/mol. The molecule has 162 valence electrons. The van der Waals surface area contributed by atoms with Gasteiger partial charge in [-0.15, -0.1) is 0 Å². The molecular formula is C27H31NO3. The van der Waals surface area contributed by atoms with E-state index in [0.29, 0.717) is 22.9 Å². The summed E-state index contributed by atoms with van der Waals surface area (Å²) in [5.74, 6) is -0.357. The number of benzene rings is 2. The predicted octanol–water partition coefficient (Wildman–Crippen LogP) is 5.58. The summed E-state index contributed by atoms with van der Waals surface area (Å²) in [4.78, 5) is 31.4. The van der Waals surface area contributed by atoms with E-state index in [9.17, 15) is 9.59 Å². The molecule has 0 radical (unpaired) electrons. The summed E-state index contributed by atoms with van der Waals surface area (Å²) in [6.07, 6.45) is 10.8. The molecule has 0 fully saturated rings. The first-order valence-electron chi connectivity index (χ1n) is 11.1. The Morgan fingerprint density at radius 3 is 2.48 bits per heavy atom. The monoisotopic (exact) mass is 417 g/mol. The smallest absolute Gasteiger partial charge is 0.336 e. The lowest BCUT2D eigenvalue weighted by atomic mass is 10.1. The highest BCUT2D eigenvalue weighted by molar-refractivity contribution is 5.81. The molecule has 31 heavy (non-hydrogen) atoms. The fraction of sp³-hybridized carbons (Fsp3) is 0.333. The number of hydrogen-bond acceptors (Lipinski definition) is 3. The lowest BCUT2D eigenvalue weighted by Gasteiger charge is -2.17. The number of aromatic nitrogens is 1. The summed E-state index contributed by atoms with van der Waals surface area (Å²) in [5, 5.41) is 0.555. The topological polar surface area (TPSA) is 48.3 Å². The van der Waals surface area contributed by atoms with Crippen LogP contribution in [0.3, 0.4) is 0 Å². The number of unbranched alkanes of at least 4 members (excludes halogenated alkanes) is 4. The van der Waals surface area contributed by atoms with E-state index < -0.39 is 0 Å². The quantitative estimate of drug-likeness (QED) is 0.320. The molecule has 0 saturated carbocycles. The SMILES string of the molecule is CCCCCC/C=C/Cc1c(C)c(=O)c2ccccc2n1OC(=O)Cc1ccccc1. The van der Waals surface area contributed by atoms with E-state index in [1.54, 1.807) is 17.7 Å². The van der Waals surface area contributed by atoms with Crippen molar-refractivity contribution in [1.29, 1.82) is 0 Å². The van der Waals surface area contributed by atoms with E-state index >= 15 is 0 Å². The van der Waals surface area contributed by atoms with Crippen molar-refractivity contribution in [1.82, 2.24) is 4.73 Å². The summed E-state index contributed by atoms with van der Waals surface area (Å²) < 4.78 is 1.55. The second-order valence-corrected chi connectivity index (χ2v) is 7.86. The van der Waals surface area contributed by atoms with Crippen molar-refractivity contribution in [3.63, 3.8) is 0 Å². The van der Waals surface area contributed by atoms with Crippen LogP contribution in [-0.2, 0) is 17.6 Å². The van der Waals surface area contributed by atoms with Crippen molar-refractivity contribution in [2.45, 2.75) is 58.8 Å². The maximum Gasteiger partial charge on any atom is 0.337 e. The third-order valence-electron chi connectivity index (χ3n) is 5.47. The van der Waals surface area contributed by atoms with E-state index in [1.807, 2.05) is 48.5 Å². The first kappa shape index (κ1) is 22.5. The molecule has 0 aliphatic heterocycles. The van der Waals surface area contributed by atoms with Gasteiger partial charge in [0, 0.05) is 17.4 Å². The van der Waals surface area contributed by atoms with Crippen molar-refractivity contribution in [3.8, 4) is 0 Å². The van der Waals surface area contributed by atoms with Crippen LogP contribution >= 0.6 is 0 Å². The Morgan fingerprint density at radius 2 is 1.71 bits per heavy atom. The summed E-state index contributed by atoms with van der Waals surface area (Å²) in [6, 6.07) is 16.8. The molecule has 3 rings (SSSR count). The molecule has 4 heteroatoms. The van der Waals surface area contributed by atoms with Crippen molar-refractivity contribution in [2.24, 2.45) is 0 Å². The Bertz CT molecular complexity index is 1100. The van der Waals surface area contributed by atoms with Gasteiger partial charge in [-0.3, -0.25) is 4.79 Å². The number of pyridine rings is 1. The van der Waals surface area contributed by atoms with Crippen molar-refractivity contribution < 1.29 is 9.63 Å². The Kier molecular flexibility index (Phi) is 8.22. The highest BCUT2D eigenvalue weighted by Gasteiger charge is 2.17. The van der Waals surface area contributed by atoms with Crippen molar-refractivity contribution in [2.75, 3.05) is 0 Å². The zero-order chi connectivity index (χ0) is 22.1. The first-order valence-corrected chi connectivity index (χ1v) is 11.1. The molecule has 0 aliphatic carbocycles. The van der Waals surface area contributed by atoms with E-state index in [-0.39, 0.29) is 17.8 Å². The van der Waals surface area contributed by atoms with Gasteiger partial charge in [-0.2, -0.15) is 4.73 Å². The fourth-order valence-electron chi connectivity index (χ4n) is 3.71. The fourth-order valence-corrected chi connectivity index (χ4v) is 3.71. The molecule has 0 N–H and O–H groups in total. The predicted molar refractivity (Wildman–Crippen MR) is 126 cm³/mol. The number of allylic oxidation sites excluding steroid dienone is 2. The van der Waals surface area contributed by atoms with Gasteiger partial charge in [0.25, 0.3) is 0 Å². The largest absolute Gasteiger partial charge is 0.337 e. The highest BCUT2D eigenvalue weighted by atomic mass is 16.7. The average Bonchev–Trinajstić information content (AvgIpc) is 2.79. The molecule has 3 aromatic rings. The number of carbonyl (C=O) groups is 1. The standard InChI is InChI=1S/C27H31NO3/c1-3-4-5-6-7-8-12-18-24-21(2)27(30)23-17-13-14-19-25(23)28(24)31-26(29)20-22-15-10-9-11-16-22/h8-17,19H,3-7,18,20H2,1-2H3/b12-8+. The number of hydrogen-bond donors (Lipinski definition) is 0. The van der Waals surface area contributed by atoms with Gasteiger partial charge < -0.3 is 4.84 Å². The molecule has 0 spiro atoms. The minimum absolute atomic E-state index is 0.0164. The van der Waals surface area contributed by atoms with E-state index in [1.165, 1.54) is 25.7 Å². The highest BCUT2D eigenvalue weighted by Crippen LogP contribution is 2.17. The molecule has 1 aromatic heterocycles. The summed E-state index contributed by atoms with van der Waals surface area (Å²) in [7, 11) is 0. The molecule has 4 nitrogen and oxygen atoms in total. The van der Waals surface area contributed by atoms with Crippen LogP contribution in [0, 0.1) is 6.92 Å². The van der Waals surface area contributed by atoms with E-state index in [2.05, 4.69) is 19.1 Å². The summed E-state index contributed by atoms with van der Waals surface area (Å²) in [6.45, 7) is 4.01. The third-order valence-corrected chi connectivity index (χ3v) is 5.47. The van der Waals surface area contributed by atoms with Crippen LogP contribution in [-0.4, -0.2) is 10.7 Å². The molecule has 0 aliphatic rings. The molecule has 1 heterocycles. The van der Waals surface area contributed by atoms with Crippen molar-refractivity contribution in [3.05, 3.63) is 93.8 Å². The Morgan fingerprint density at radius 1 is 0.968 bits per heavy atom. The zero-order valence-electron chi connectivity index (χ0n) is 18.5. The van der Waals surface area contributed by atoms with Gasteiger partial charge in [-0.25, -0.2) is 4.79 Å². The minimum Gasteiger partial charge on any atom is -0.336 e. The van der Waals surface area contributed by atoms with Gasteiger partial charge in [-0.05, 0) is 37.5 Å². The van der Waals surface area contributed by atoms with Crippen LogP contribution < -0.4 is 10.3 Å². The number of carbonyl (C=O) groups excluding carboxylic acids is 1. The lowest BCUT2D eigenvalue weighted by Crippen LogP contribution is -2.28. The molecule has 2 aromatic carbocycles. The molecule has 0 bridgehead atoms. The maximum atomic E-state index is 12.9. The number of para-hydroxylation sites is 1. The van der Waals surface area contributed by atoms with E-state index in [0.717, 1.165) is 17.7 Å². The van der Waals surface area contributed by atoms with Crippen LogP contribution in [0.15, 0.2) is 71.5 Å². The zero-order valence-corrected chi connectivity index (χ0v) is 18.5.